The lowest BCUT2D eigenvalue weighted by Gasteiger charge is -2.22. The third-order valence-corrected chi connectivity index (χ3v) is 9.13. The van der Waals surface area contributed by atoms with Gasteiger partial charge < -0.3 is 0 Å². The van der Waals surface area contributed by atoms with Crippen molar-refractivity contribution >= 4 is 10.8 Å². The predicted octanol–water partition coefficient (Wildman–Crippen LogP) is 10.5. The molecule has 0 unspecified atom stereocenters. The van der Waals surface area contributed by atoms with Crippen molar-refractivity contribution in [2.24, 2.45) is 0 Å². The van der Waals surface area contributed by atoms with E-state index in [9.17, 15) is 5.26 Å². The number of nitriles is 1. The van der Waals surface area contributed by atoms with E-state index < -0.39 is 0 Å². The maximum Gasteiger partial charge on any atom is 0.160 e. The minimum absolute atomic E-state index is 0.135. The summed E-state index contributed by atoms with van der Waals surface area (Å²) >= 11 is 0. The lowest BCUT2D eigenvalue weighted by molar-refractivity contribution is 0.661. The van der Waals surface area contributed by atoms with Crippen molar-refractivity contribution in [3.63, 3.8) is 0 Å². The van der Waals surface area contributed by atoms with Crippen LogP contribution in [0.4, 0.5) is 0 Å². The fraction of sp³-hybridized carbons (Fsp3) is 0.0714. The van der Waals surface area contributed by atoms with Gasteiger partial charge in [-0.2, -0.15) is 5.26 Å². The number of rotatable bonds is 4. The summed E-state index contributed by atoms with van der Waals surface area (Å²) in [5, 5.41) is 11.7. The van der Waals surface area contributed by atoms with E-state index in [1.807, 2.05) is 42.5 Å². The molecule has 0 bridgehead atoms. The molecule has 0 fully saturated rings. The number of aromatic nitrogens is 2. The molecule has 0 N–H and O–H groups in total. The van der Waals surface area contributed by atoms with Gasteiger partial charge in [0, 0.05) is 22.1 Å². The number of hydrogen-bond acceptors (Lipinski definition) is 3. The smallest absolute Gasteiger partial charge is 0.160 e. The lowest BCUT2D eigenvalue weighted by atomic mass is 9.81. The van der Waals surface area contributed by atoms with Crippen molar-refractivity contribution in [1.82, 2.24) is 9.97 Å². The van der Waals surface area contributed by atoms with E-state index in [4.69, 9.17) is 9.97 Å². The molecular formula is C42H29N3. The SMILES string of the molecule is CC1(C)c2cc3ccccc3cc2-c2c(-c3cc(-c4ccc(-c5ccc(C#N)cc5)cc4)nc(-c4ccccc4)n3)cccc21. The Kier molecular flexibility index (Phi) is 6.18. The zero-order valence-electron chi connectivity index (χ0n) is 25.1. The van der Waals surface area contributed by atoms with Gasteiger partial charge in [0.05, 0.1) is 23.0 Å². The summed E-state index contributed by atoms with van der Waals surface area (Å²) in [5.41, 5.74) is 12.8. The Balaban J connectivity index is 1.30. The summed E-state index contributed by atoms with van der Waals surface area (Å²) in [6, 6.07) is 50.7. The minimum Gasteiger partial charge on any atom is -0.228 e. The number of nitrogens with zero attached hydrogens (tertiary/aromatic N) is 3. The van der Waals surface area contributed by atoms with Crippen LogP contribution in [-0.4, -0.2) is 9.97 Å². The molecule has 1 aliphatic rings. The molecule has 3 nitrogen and oxygen atoms in total. The van der Waals surface area contributed by atoms with Crippen molar-refractivity contribution < 1.29 is 0 Å². The summed E-state index contributed by atoms with van der Waals surface area (Å²) in [5.74, 6) is 0.702. The van der Waals surface area contributed by atoms with Crippen LogP contribution in [0.2, 0.25) is 0 Å². The largest absolute Gasteiger partial charge is 0.228 e. The summed E-state index contributed by atoms with van der Waals surface area (Å²) in [7, 11) is 0. The van der Waals surface area contributed by atoms with Gasteiger partial charge in [0.2, 0.25) is 0 Å². The molecular weight excluding hydrogens is 546 g/mol. The lowest BCUT2D eigenvalue weighted by Crippen LogP contribution is -2.14. The second-order valence-corrected chi connectivity index (χ2v) is 12.2. The standard InChI is InChI=1S/C42H29N3/c1-42(2)36-14-8-13-34(40(36)35-23-32-11-6-7-12-33(32)24-37(35)42)39-25-38(44-41(45-39)31-9-4-3-5-10-31)30-21-19-29(20-22-30)28-17-15-27(26-43)16-18-28/h3-25H,1-2H3. The molecule has 0 amide bonds. The number of hydrogen-bond donors (Lipinski definition) is 0. The summed E-state index contributed by atoms with van der Waals surface area (Å²) < 4.78 is 0. The van der Waals surface area contributed by atoms with Crippen LogP contribution >= 0.6 is 0 Å². The van der Waals surface area contributed by atoms with Crippen molar-refractivity contribution in [2.75, 3.05) is 0 Å². The van der Waals surface area contributed by atoms with Crippen molar-refractivity contribution in [1.29, 1.82) is 5.26 Å². The first-order chi connectivity index (χ1) is 22.0. The molecule has 1 aromatic heterocycles. The zero-order chi connectivity index (χ0) is 30.5. The van der Waals surface area contributed by atoms with Gasteiger partial charge in [-0.25, -0.2) is 9.97 Å². The van der Waals surface area contributed by atoms with Gasteiger partial charge in [-0.05, 0) is 74.5 Å². The van der Waals surface area contributed by atoms with Gasteiger partial charge in [0.15, 0.2) is 5.82 Å². The molecule has 0 spiro atoms. The Labute approximate surface area is 263 Å². The average Bonchev–Trinajstić information content (AvgIpc) is 3.33. The van der Waals surface area contributed by atoms with Gasteiger partial charge in [-0.3, -0.25) is 0 Å². The highest BCUT2D eigenvalue weighted by molar-refractivity contribution is 5.98. The van der Waals surface area contributed by atoms with Crippen LogP contribution in [0.1, 0.15) is 30.5 Å². The molecule has 1 aliphatic carbocycles. The molecule has 212 valence electrons. The van der Waals surface area contributed by atoms with E-state index in [0.717, 1.165) is 39.2 Å². The highest BCUT2D eigenvalue weighted by Crippen LogP contribution is 2.53. The molecule has 0 saturated heterocycles. The van der Waals surface area contributed by atoms with Crippen molar-refractivity contribution in [2.45, 2.75) is 19.3 Å². The number of fused-ring (bicyclic) bond motifs is 4. The fourth-order valence-corrected chi connectivity index (χ4v) is 6.71. The molecule has 6 aromatic carbocycles. The van der Waals surface area contributed by atoms with Crippen LogP contribution in [0, 0.1) is 11.3 Å². The van der Waals surface area contributed by atoms with Gasteiger partial charge in [0.1, 0.15) is 0 Å². The molecule has 3 heteroatoms. The van der Waals surface area contributed by atoms with E-state index in [1.54, 1.807) is 0 Å². The van der Waals surface area contributed by atoms with E-state index in [-0.39, 0.29) is 5.41 Å². The van der Waals surface area contributed by atoms with Gasteiger partial charge in [-0.1, -0.05) is 123 Å². The Bertz CT molecular complexity index is 2270. The summed E-state index contributed by atoms with van der Waals surface area (Å²) in [6.07, 6.45) is 0. The molecule has 8 rings (SSSR count). The maximum atomic E-state index is 9.18. The second kappa shape index (κ2) is 10.4. The van der Waals surface area contributed by atoms with Gasteiger partial charge in [-0.15, -0.1) is 0 Å². The van der Waals surface area contributed by atoms with Crippen LogP contribution in [0.5, 0.6) is 0 Å². The molecule has 45 heavy (non-hydrogen) atoms. The zero-order valence-corrected chi connectivity index (χ0v) is 25.1. The van der Waals surface area contributed by atoms with Gasteiger partial charge in [0.25, 0.3) is 0 Å². The second-order valence-electron chi connectivity index (χ2n) is 12.2. The molecule has 1 heterocycles. The monoisotopic (exact) mass is 575 g/mol. The fourth-order valence-electron chi connectivity index (χ4n) is 6.71. The number of benzene rings is 6. The molecule has 7 aromatic rings. The average molecular weight is 576 g/mol. The Hall–Kier alpha value is -5.85. The van der Waals surface area contributed by atoms with E-state index in [0.29, 0.717) is 11.4 Å². The third kappa shape index (κ3) is 4.51. The van der Waals surface area contributed by atoms with Crippen LogP contribution in [-0.2, 0) is 5.41 Å². The Morgan fingerprint density at radius 3 is 1.84 bits per heavy atom. The first-order valence-corrected chi connectivity index (χ1v) is 15.2. The third-order valence-electron chi connectivity index (χ3n) is 9.13. The van der Waals surface area contributed by atoms with Crippen LogP contribution in [0.15, 0.2) is 140 Å². The van der Waals surface area contributed by atoms with Crippen LogP contribution < -0.4 is 0 Å². The summed E-state index contributed by atoms with van der Waals surface area (Å²) in [6.45, 7) is 4.65. The molecule has 0 aliphatic heterocycles. The van der Waals surface area contributed by atoms with E-state index in [1.165, 1.54) is 33.0 Å². The highest BCUT2D eigenvalue weighted by atomic mass is 14.9. The molecule has 0 atom stereocenters. The summed E-state index contributed by atoms with van der Waals surface area (Å²) in [4.78, 5) is 10.3. The maximum absolute atomic E-state index is 9.18. The van der Waals surface area contributed by atoms with Gasteiger partial charge >= 0.3 is 0 Å². The normalized spacial score (nSPS) is 12.8. The first-order valence-electron chi connectivity index (χ1n) is 15.2. The first kappa shape index (κ1) is 26.8. The quantitative estimate of drug-likeness (QED) is 0.210. The Morgan fingerprint density at radius 1 is 0.511 bits per heavy atom. The predicted molar refractivity (Wildman–Crippen MR) is 184 cm³/mol. The Morgan fingerprint density at radius 2 is 1.13 bits per heavy atom. The van der Waals surface area contributed by atoms with Crippen molar-refractivity contribution in [3.05, 3.63) is 156 Å². The van der Waals surface area contributed by atoms with Crippen molar-refractivity contribution in [3.8, 4) is 62.2 Å². The minimum atomic E-state index is -0.135. The van der Waals surface area contributed by atoms with Crippen LogP contribution in [0.25, 0.3) is 66.9 Å². The van der Waals surface area contributed by atoms with E-state index in [2.05, 4.69) is 117 Å². The highest BCUT2D eigenvalue weighted by Gasteiger charge is 2.37. The molecule has 0 saturated carbocycles. The van der Waals surface area contributed by atoms with Crippen LogP contribution in [0.3, 0.4) is 0 Å². The molecule has 0 radical (unpaired) electrons. The topological polar surface area (TPSA) is 49.6 Å². The van der Waals surface area contributed by atoms with E-state index >= 15 is 0 Å².